The average Bonchev–Trinajstić information content (AvgIpc) is 2.52. The number of hydrogen-bond acceptors (Lipinski definition) is 4. The average molecular weight is 313 g/mol. The Labute approximate surface area is 130 Å². The minimum Gasteiger partial charge on any atom is -0.502 e. The van der Waals surface area contributed by atoms with E-state index in [0.29, 0.717) is 11.3 Å². The van der Waals surface area contributed by atoms with Gasteiger partial charge in [0.05, 0.1) is 5.39 Å². The van der Waals surface area contributed by atoms with Crippen LogP contribution in [0.5, 0.6) is 5.75 Å². The number of fused-ring (bicyclic) bond motifs is 1. The van der Waals surface area contributed by atoms with Gasteiger partial charge in [0.15, 0.2) is 5.76 Å². The highest BCUT2D eigenvalue weighted by Crippen LogP contribution is 2.30. The van der Waals surface area contributed by atoms with E-state index in [0.717, 1.165) is 0 Å². The molecule has 3 aromatic rings. The maximum absolute atomic E-state index is 13.0. The molecule has 0 bridgehead atoms. The number of amides is 1. The number of carbonyl (C=O) groups is 1. The van der Waals surface area contributed by atoms with Crippen molar-refractivity contribution in [3.05, 3.63) is 58.5 Å². The Morgan fingerprint density at radius 3 is 2.52 bits per heavy atom. The van der Waals surface area contributed by atoms with Crippen molar-refractivity contribution in [3.8, 4) is 17.1 Å². The molecular formula is C17H12FNO4. The van der Waals surface area contributed by atoms with E-state index in [1.807, 2.05) is 0 Å². The molecule has 116 valence electrons. The van der Waals surface area contributed by atoms with Gasteiger partial charge in [-0.2, -0.15) is 0 Å². The van der Waals surface area contributed by atoms with Crippen molar-refractivity contribution in [2.75, 3.05) is 5.32 Å². The molecule has 23 heavy (non-hydrogen) atoms. The van der Waals surface area contributed by atoms with Gasteiger partial charge in [0, 0.05) is 18.2 Å². The van der Waals surface area contributed by atoms with Crippen LogP contribution in [0.25, 0.3) is 22.3 Å². The molecule has 0 aliphatic carbocycles. The molecule has 5 nitrogen and oxygen atoms in total. The lowest BCUT2D eigenvalue weighted by molar-refractivity contribution is -0.114. The second kappa shape index (κ2) is 5.57. The highest BCUT2D eigenvalue weighted by molar-refractivity contribution is 5.92. The van der Waals surface area contributed by atoms with Crippen molar-refractivity contribution >= 4 is 22.6 Å². The Bertz CT molecular complexity index is 961. The third-order valence-electron chi connectivity index (χ3n) is 3.29. The molecule has 6 heteroatoms. The molecule has 0 saturated carbocycles. The summed E-state index contributed by atoms with van der Waals surface area (Å²) in [7, 11) is 0. The van der Waals surface area contributed by atoms with E-state index < -0.39 is 17.0 Å². The molecule has 0 saturated heterocycles. The smallest absolute Gasteiger partial charge is 0.235 e. The Kier molecular flexibility index (Phi) is 3.57. The number of hydrogen-bond donors (Lipinski definition) is 2. The van der Waals surface area contributed by atoms with Crippen LogP contribution in [0.3, 0.4) is 0 Å². The van der Waals surface area contributed by atoms with Crippen LogP contribution in [-0.4, -0.2) is 11.0 Å². The largest absolute Gasteiger partial charge is 0.502 e. The van der Waals surface area contributed by atoms with Crippen molar-refractivity contribution in [1.82, 2.24) is 0 Å². The van der Waals surface area contributed by atoms with Gasteiger partial charge < -0.3 is 14.8 Å². The fourth-order valence-corrected chi connectivity index (χ4v) is 2.26. The van der Waals surface area contributed by atoms with Crippen LogP contribution < -0.4 is 10.7 Å². The van der Waals surface area contributed by atoms with Crippen LogP contribution in [0, 0.1) is 5.82 Å². The number of aromatic hydroxyl groups is 1. The lowest BCUT2D eigenvalue weighted by Gasteiger charge is -2.07. The lowest BCUT2D eigenvalue weighted by atomic mass is 10.1. The van der Waals surface area contributed by atoms with Crippen molar-refractivity contribution in [3.63, 3.8) is 0 Å². The second-order valence-electron chi connectivity index (χ2n) is 5.01. The van der Waals surface area contributed by atoms with Gasteiger partial charge in [-0.3, -0.25) is 9.59 Å². The summed E-state index contributed by atoms with van der Waals surface area (Å²) in [6, 6.07) is 9.76. The topological polar surface area (TPSA) is 79.5 Å². The van der Waals surface area contributed by atoms with Gasteiger partial charge in [0.1, 0.15) is 11.4 Å². The number of halogens is 1. The molecule has 0 aliphatic heterocycles. The standard InChI is InChI=1S/C17H12FNO4/c1-9(20)19-12-6-7-14-13(8-12)15(21)16(22)17(23-14)10-2-4-11(18)5-3-10/h2-8,22H,1H3,(H,19,20). The van der Waals surface area contributed by atoms with Crippen molar-refractivity contribution in [1.29, 1.82) is 0 Å². The van der Waals surface area contributed by atoms with E-state index >= 15 is 0 Å². The highest BCUT2D eigenvalue weighted by atomic mass is 19.1. The predicted octanol–water partition coefficient (Wildman–Crippen LogP) is 3.26. The highest BCUT2D eigenvalue weighted by Gasteiger charge is 2.15. The summed E-state index contributed by atoms with van der Waals surface area (Å²) in [5.41, 5.74) is 0.430. The molecule has 0 fully saturated rings. The molecule has 1 heterocycles. The van der Waals surface area contributed by atoms with Crippen molar-refractivity contribution in [2.24, 2.45) is 0 Å². The first-order valence-corrected chi connectivity index (χ1v) is 6.79. The Balaban J connectivity index is 2.19. The summed E-state index contributed by atoms with van der Waals surface area (Å²) in [6.07, 6.45) is 0. The van der Waals surface area contributed by atoms with Gasteiger partial charge in [-0.05, 0) is 42.5 Å². The quantitative estimate of drug-likeness (QED) is 0.761. The van der Waals surface area contributed by atoms with Gasteiger partial charge in [-0.25, -0.2) is 4.39 Å². The van der Waals surface area contributed by atoms with E-state index in [2.05, 4.69) is 5.32 Å². The molecule has 0 radical (unpaired) electrons. The van der Waals surface area contributed by atoms with Crippen molar-refractivity contribution in [2.45, 2.75) is 6.92 Å². The molecule has 0 aliphatic rings. The fourth-order valence-electron chi connectivity index (χ4n) is 2.26. The normalized spacial score (nSPS) is 10.7. The van der Waals surface area contributed by atoms with E-state index in [4.69, 9.17) is 4.42 Å². The zero-order valence-electron chi connectivity index (χ0n) is 12.1. The molecule has 0 spiro atoms. The van der Waals surface area contributed by atoms with Gasteiger partial charge in [-0.15, -0.1) is 0 Å². The van der Waals surface area contributed by atoms with Gasteiger partial charge in [0.2, 0.25) is 17.1 Å². The fraction of sp³-hybridized carbons (Fsp3) is 0.0588. The molecular weight excluding hydrogens is 301 g/mol. The third-order valence-corrected chi connectivity index (χ3v) is 3.29. The minimum atomic E-state index is -0.627. The molecule has 0 unspecified atom stereocenters. The monoisotopic (exact) mass is 313 g/mol. The summed E-state index contributed by atoms with van der Waals surface area (Å²) in [4.78, 5) is 23.4. The van der Waals surface area contributed by atoms with E-state index in [1.165, 1.54) is 43.3 Å². The Hall–Kier alpha value is -3.15. The van der Waals surface area contributed by atoms with E-state index in [1.54, 1.807) is 6.07 Å². The molecule has 2 N–H and O–H groups in total. The SMILES string of the molecule is CC(=O)Nc1ccc2oc(-c3ccc(F)cc3)c(O)c(=O)c2c1. The summed E-state index contributed by atoms with van der Waals surface area (Å²) < 4.78 is 18.6. The number of nitrogens with one attached hydrogen (secondary N) is 1. The van der Waals surface area contributed by atoms with Crippen molar-refractivity contribution < 1.29 is 18.7 Å². The maximum atomic E-state index is 13.0. The Morgan fingerprint density at radius 1 is 1.17 bits per heavy atom. The van der Waals surface area contributed by atoms with Crippen LogP contribution in [-0.2, 0) is 4.79 Å². The first-order chi connectivity index (χ1) is 11.0. The van der Waals surface area contributed by atoms with Crippen LogP contribution in [0.4, 0.5) is 10.1 Å². The molecule has 1 aromatic heterocycles. The minimum absolute atomic E-state index is 0.0326. The number of carbonyl (C=O) groups excluding carboxylic acids is 1. The number of benzene rings is 2. The number of rotatable bonds is 2. The van der Waals surface area contributed by atoms with E-state index in [-0.39, 0.29) is 22.6 Å². The van der Waals surface area contributed by atoms with Crippen LogP contribution >= 0.6 is 0 Å². The zero-order valence-corrected chi connectivity index (χ0v) is 12.1. The zero-order chi connectivity index (χ0) is 16.6. The number of anilines is 1. The van der Waals surface area contributed by atoms with Crippen LogP contribution in [0.2, 0.25) is 0 Å². The summed E-state index contributed by atoms with van der Waals surface area (Å²) >= 11 is 0. The molecule has 3 rings (SSSR count). The van der Waals surface area contributed by atoms with Crippen LogP contribution in [0.1, 0.15) is 6.92 Å². The second-order valence-corrected chi connectivity index (χ2v) is 5.01. The molecule has 0 atom stereocenters. The summed E-state index contributed by atoms with van der Waals surface area (Å²) in [5, 5.41) is 12.8. The molecule has 2 aromatic carbocycles. The summed E-state index contributed by atoms with van der Waals surface area (Å²) in [5.74, 6) is -1.31. The van der Waals surface area contributed by atoms with Crippen LogP contribution in [0.15, 0.2) is 51.7 Å². The van der Waals surface area contributed by atoms with Gasteiger partial charge in [0.25, 0.3) is 0 Å². The summed E-state index contributed by atoms with van der Waals surface area (Å²) in [6.45, 7) is 1.35. The first-order valence-electron chi connectivity index (χ1n) is 6.79. The van der Waals surface area contributed by atoms with Gasteiger partial charge >= 0.3 is 0 Å². The van der Waals surface area contributed by atoms with Gasteiger partial charge in [-0.1, -0.05) is 0 Å². The lowest BCUT2D eigenvalue weighted by Crippen LogP contribution is -2.07. The molecule has 1 amide bonds. The van der Waals surface area contributed by atoms with E-state index in [9.17, 15) is 19.1 Å². The Morgan fingerprint density at radius 2 is 1.87 bits per heavy atom. The first kappa shape index (κ1) is 14.8. The third kappa shape index (κ3) is 2.78. The predicted molar refractivity (Wildman–Crippen MR) is 83.8 cm³/mol. The maximum Gasteiger partial charge on any atom is 0.235 e.